The van der Waals surface area contributed by atoms with Gasteiger partial charge in [-0.2, -0.15) is 0 Å². The molecule has 1 aliphatic rings. The van der Waals surface area contributed by atoms with Gasteiger partial charge in [-0.15, -0.1) is 0 Å². The second kappa shape index (κ2) is 12.8. The molecule has 8 heteroatoms. The summed E-state index contributed by atoms with van der Waals surface area (Å²) in [5.41, 5.74) is 11.4. The van der Waals surface area contributed by atoms with Crippen LogP contribution in [0.15, 0.2) is 47.6 Å². The predicted octanol–water partition coefficient (Wildman–Crippen LogP) is 2.83. The molecule has 0 aromatic carbocycles. The van der Waals surface area contributed by atoms with E-state index in [-0.39, 0.29) is 25.7 Å². The molecule has 0 atom stereocenters. The molecular formula is C35H36N4O4-2. The Morgan fingerprint density at radius 3 is 1.93 bits per heavy atom. The van der Waals surface area contributed by atoms with Crippen LogP contribution in [0.2, 0.25) is 0 Å². The van der Waals surface area contributed by atoms with Crippen molar-refractivity contribution in [1.82, 2.24) is 15.0 Å². The molecular weight excluding hydrogens is 540 g/mol. The van der Waals surface area contributed by atoms with E-state index in [0.29, 0.717) is 0 Å². The maximum atomic E-state index is 11.4. The van der Waals surface area contributed by atoms with Gasteiger partial charge in [0.05, 0.1) is 5.70 Å². The number of carboxylic acids is 2. The van der Waals surface area contributed by atoms with Crippen molar-refractivity contribution in [2.45, 2.75) is 53.4 Å². The smallest absolute Gasteiger partial charge is 0.0686 e. The summed E-state index contributed by atoms with van der Waals surface area (Å²) in [6.07, 6.45) is 13.1. The molecule has 3 N–H and O–H groups in total. The number of hydrogen-bond donors (Lipinski definition) is 3. The van der Waals surface area contributed by atoms with E-state index >= 15 is 0 Å². The predicted molar refractivity (Wildman–Crippen MR) is 169 cm³/mol. The van der Waals surface area contributed by atoms with Gasteiger partial charge >= 0.3 is 0 Å². The van der Waals surface area contributed by atoms with Gasteiger partial charge in [0.2, 0.25) is 0 Å². The van der Waals surface area contributed by atoms with Crippen LogP contribution in [0, 0.1) is 20.8 Å². The Bertz CT molecular complexity index is 1870. The minimum atomic E-state index is -1.14. The third-order valence-corrected chi connectivity index (χ3v) is 8.07. The van der Waals surface area contributed by atoms with Crippen LogP contribution in [0.3, 0.4) is 0 Å². The Morgan fingerprint density at radius 1 is 0.721 bits per heavy atom. The van der Waals surface area contributed by atoms with E-state index in [0.717, 1.165) is 83.7 Å². The standard InChI is InChI=1S/C35H38N4O4/c1-8-23-18-36-28(19(23)4)15-29-21(6)25(11-13-34(40)41)32(38-29)17-33-26(12-14-35(42)43)22(7)30(39-33)16-31-24(9-2)20(5)27(10-3)37-31/h8-10,15-18,37-39H,1-3,11-14H2,4-7H3,(H,40,41)(H,42,43)/p-2/b28-15+,30-16+,33-17+. The van der Waals surface area contributed by atoms with E-state index in [2.05, 4.69) is 39.7 Å². The fourth-order valence-electron chi connectivity index (χ4n) is 5.48. The van der Waals surface area contributed by atoms with E-state index in [1.54, 1.807) is 24.4 Å². The van der Waals surface area contributed by atoms with Crippen molar-refractivity contribution in [2.24, 2.45) is 4.99 Å². The van der Waals surface area contributed by atoms with Crippen molar-refractivity contribution in [2.75, 3.05) is 0 Å². The molecule has 0 fully saturated rings. The topological polar surface area (TPSA) is 140 Å². The highest BCUT2D eigenvalue weighted by Gasteiger charge is 2.16. The van der Waals surface area contributed by atoms with E-state index in [1.807, 2.05) is 45.9 Å². The lowest BCUT2D eigenvalue weighted by molar-refractivity contribution is -0.307. The zero-order chi connectivity index (χ0) is 31.4. The Balaban J connectivity index is 1.94. The molecule has 0 amide bonds. The van der Waals surface area contributed by atoms with Crippen LogP contribution in [-0.4, -0.2) is 33.1 Å². The molecule has 8 nitrogen and oxygen atoms in total. The van der Waals surface area contributed by atoms with Gasteiger partial charge in [-0.3, -0.25) is 4.99 Å². The van der Waals surface area contributed by atoms with Gasteiger partial charge in [0.1, 0.15) is 0 Å². The van der Waals surface area contributed by atoms with Gasteiger partial charge < -0.3 is 34.8 Å². The van der Waals surface area contributed by atoms with E-state index in [1.165, 1.54) is 0 Å². The fraction of sp³-hybridized carbons (Fsp3) is 0.229. The zero-order valence-electron chi connectivity index (χ0n) is 25.1. The Hall–Kier alpha value is -5.11. The summed E-state index contributed by atoms with van der Waals surface area (Å²) in [7, 11) is 0. The Kier molecular flexibility index (Phi) is 9.19. The molecule has 3 aromatic rings. The normalized spacial score (nSPS) is 14.7. The number of carboxylic acid groups (broad SMARTS) is 2. The summed E-state index contributed by atoms with van der Waals surface area (Å²) in [4.78, 5) is 37.7. The van der Waals surface area contributed by atoms with Crippen molar-refractivity contribution < 1.29 is 19.8 Å². The zero-order valence-corrected chi connectivity index (χ0v) is 25.1. The second-order valence-corrected chi connectivity index (χ2v) is 10.6. The van der Waals surface area contributed by atoms with E-state index in [4.69, 9.17) is 0 Å². The lowest BCUT2D eigenvalue weighted by Crippen LogP contribution is -2.23. The highest BCUT2D eigenvalue weighted by atomic mass is 16.4. The van der Waals surface area contributed by atoms with Crippen molar-refractivity contribution in [3.63, 3.8) is 0 Å². The SMILES string of the molecule is C=CC1=C(C)/C(=C\c2[nH]c(/C=c3/[nH]/c(=C/c4[nH]c(C=C)c(C)c4C=C)c(C)c3CCC(=O)[O-])c(CCC(=O)[O-])c2C)N=C1. The summed E-state index contributed by atoms with van der Waals surface area (Å²) < 4.78 is 0. The lowest BCUT2D eigenvalue weighted by atomic mass is 10.0. The molecule has 0 bridgehead atoms. The summed E-state index contributed by atoms with van der Waals surface area (Å²) >= 11 is 0. The van der Waals surface area contributed by atoms with Crippen LogP contribution in [-0.2, 0) is 22.4 Å². The average molecular weight is 577 g/mol. The maximum Gasteiger partial charge on any atom is 0.0686 e. The second-order valence-electron chi connectivity index (χ2n) is 10.6. The van der Waals surface area contributed by atoms with Crippen LogP contribution in [0.5, 0.6) is 0 Å². The van der Waals surface area contributed by atoms with Gasteiger partial charge in [0.15, 0.2) is 0 Å². The van der Waals surface area contributed by atoms with Crippen LogP contribution in [0.1, 0.15) is 75.9 Å². The number of allylic oxidation sites excluding steroid dienone is 3. The first kappa shape index (κ1) is 30.8. The summed E-state index contributed by atoms with van der Waals surface area (Å²) in [6.45, 7) is 19.5. The molecule has 43 heavy (non-hydrogen) atoms. The Morgan fingerprint density at radius 2 is 1.35 bits per heavy atom. The number of hydrogen-bond acceptors (Lipinski definition) is 5. The molecule has 0 unspecified atom stereocenters. The number of nitrogens with zero attached hydrogens (tertiary/aromatic N) is 1. The number of carbonyl (C=O) groups excluding carboxylic acids is 2. The third-order valence-electron chi connectivity index (χ3n) is 8.07. The quantitative estimate of drug-likeness (QED) is 0.305. The summed E-state index contributed by atoms with van der Waals surface area (Å²) in [6, 6.07) is 0. The van der Waals surface area contributed by atoms with Gasteiger partial charge in [-0.05, 0) is 117 Å². The maximum absolute atomic E-state index is 11.4. The third kappa shape index (κ3) is 6.38. The van der Waals surface area contributed by atoms with Gasteiger partial charge in [0.25, 0.3) is 0 Å². The molecule has 4 rings (SSSR count). The number of aliphatic carboxylic acids is 2. The average Bonchev–Trinajstić information content (AvgIpc) is 3.65. The van der Waals surface area contributed by atoms with Crippen molar-refractivity contribution in [3.8, 4) is 0 Å². The lowest BCUT2D eigenvalue weighted by Gasteiger charge is -2.05. The first-order chi connectivity index (χ1) is 20.5. The molecule has 3 aromatic heterocycles. The molecule has 0 saturated carbocycles. The fourth-order valence-corrected chi connectivity index (χ4v) is 5.48. The minimum Gasteiger partial charge on any atom is -0.550 e. The van der Waals surface area contributed by atoms with E-state index < -0.39 is 11.9 Å². The van der Waals surface area contributed by atoms with Crippen LogP contribution in [0.25, 0.3) is 30.4 Å². The molecule has 222 valence electrons. The number of aliphatic imine (C=N–C) groups is 1. The number of aromatic nitrogens is 3. The number of H-pyrrole nitrogens is 3. The molecule has 1 aliphatic heterocycles. The largest absolute Gasteiger partial charge is 0.550 e. The van der Waals surface area contributed by atoms with Crippen LogP contribution in [0.4, 0.5) is 0 Å². The van der Waals surface area contributed by atoms with Crippen molar-refractivity contribution >= 4 is 48.5 Å². The number of nitrogens with one attached hydrogen (secondary N) is 3. The molecule has 0 aliphatic carbocycles. The minimum absolute atomic E-state index is 0.143. The molecule has 0 saturated heterocycles. The number of rotatable bonds is 12. The highest BCUT2D eigenvalue weighted by molar-refractivity contribution is 5.90. The van der Waals surface area contributed by atoms with E-state index in [9.17, 15) is 19.8 Å². The number of aromatic amines is 3. The monoisotopic (exact) mass is 576 g/mol. The Labute approximate surface area is 251 Å². The summed E-state index contributed by atoms with van der Waals surface area (Å²) in [5, 5.41) is 24.4. The van der Waals surface area contributed by atoms with Crippen molar-refractivity contribution in [3.05, 3.63) is 110 Å². The van der Waals surface area contributed by atoms with Gasteiger partial charge in [-0.25, -0.2) is 0 Å². The summed E-state index contributed by atoms with van der Waals surface area (Å²) in [5.74, 6) is -2.28. The number of carbonyl (C=O) groups is 2. The van der Waals surface area contributed by atoms with Crippen LogP contribution < -0.4 is 20.9 Å². The molecule has 0 spiro atoms. The van der Waals surface area contributed by atoms with Gasteiger partial charge in [0, 0.05) is 57.2 Å². The molecule has 4 heterocycles. The highest BCUT2D eigenvalue weighted by Crippen LogP contribution is 2.28. The van der Waals surface area contributed by atoms with Gasteiger partial charge in [-0.1, -0.05) is 31.9 Å². The first-order valence-corrected chi connectivity index (χ1v) is 14.1. The first-order valence-electron chi connectivity index (χ1n) is 14.1. The van der Waals surface area contributed by atoms with Crippen molar-refractivity contribution in [1.29, 1.82) is 0 Å². The van der Waals surface area contributed by atoms with Crippen LogP contribution >= 0.6 is 0 Å². The molecule has 0 radical (unpaired) electrons.